The molecule has 0 spiro atoms. The van der Waals surface area contributed by atoms with E-state index in [0.29, 0.717) is 18.6 Å². The number of benzene rings is 2. The van der Waals surface area contributed by atoms with Gasteiger partial charge in [0.25, 0.3) is 0 Å². The SMILES string of the molecule is CCC(C)(CC(C)(C)C(=O)OCCOc1ccc(C=Cc2ccc(S(C)(=O)=O)cc2)cc1)C(=O)OC. The van der Waals surface area contributed by atoms with Gasteiger partial charge in [0.15, 0.2) is 9.84 Å². The molecule has 8 heteroatoms. The Kier molecular flexibility index (Phi) is 9.87. The summed E-state index contributed by atoms with van der Waals surface area (Å²) in [7, 11) is -1.86. The molecular weight excluding hydrogens is 480 g/mol. The predicted molar refractivity (Wildman–Crippen MR) is 140 cm³/mol. The molecule has 0 radical (unpaired) electrons. The Labute approximate surface area is 214 Å². The molecule has 0 fully saturated rings. The molecule has 0 heterocycles. The smallest absolute Gasteiger partial charge is 0.311 e. The molecule has 36 heavy (non-hydrogen) atoms. The highest BCUT2D eigenvalue weighted by molar-refractivity contribution is 7.90. The summed E-state index contributed by atoms with van der Waals surface area (Å²) >= 11 is 0. The Bertz CT molecular complexity index is 1160. The summed E-state index contributed by atoms with van der Waals surface area (Å²) in [5.74, 6) is -0.0821. The summed E-state index contributed by atoms with van der Waals surface area (Å²) < 4.78 is 39.1. The molecule has 0 aromatic heterocycles. The third kappa shape index (κ3) is 8.22. The average Bonchev–Trinajstić information content (AvgIpc) is 2.84. The second-order valence-corrected chi connectivity index (χ2v) is 11.7. The van der Waals surface area contributed by atoms with E-state index < -0.39 is 20.7 Å². The average molecular weight is 517 g/mol. The second kappa shape index (κ2) is 12.2. The normalized spacial score (nSPS) is 13.7. The van der Waals surface area contributed by atoms with Gasteiger partial charge < -0.3 is 14.2 Å². The third-order valence-electron chi connectivity index (χ3n) is 6.09. The molecule has 0 bridgehead atoms. The molecule has 2 rings (SSSR count). The van der Waals surface area contributed by atoms with Crippen LogP contribution in [-0.2, 0) is 28.9 Å². The predicted octanol–water partition coefficient (Wildman–Crippen LogP) is 5.19. The molecule has 1 unspecified atom stereocenters. The first-order valence-corrected chi connectivity index (χ1v) is 13.7. The zero-order valence-electron chi connectivity index (χ0n) is 21.9. The molecule has 0 N–H and O–H groups in total. The van der Waals surface area contributed by atoms with Crippen molar-refractivity contribution in [3.63, 3.8) is 0 Å². The Hall–Kier alpha value is -3.13. The van der Waals surface area contributed by atoms with Crippen molar-refractivity contribution in [3.05, 3.63) is 59.7 Å². The summed E-state index contributed by atoms with van der Waals surface area (Å²) in [6.07, 6.45) is 5.87. The highest BCUT2D eigenvalue weighted by Crippen LogP contribution is 2.38. The van der Waals surface area contributed by atoms with Gasteiger partial charge in [0, 0.05) is 6.26 Å². The monoisotopic (exact) mass is 516 g/mol. The van der Waals surface area contributed by atoms with Gasteiger partial charge in [-0.15, -0.1) is 0 Å². The Morgan fingerprint density at radius 3 is 1.86 bits per heavy atom. The summed E-state index contributed by atoms with van der Waals surface area (Å²) in [6.45, 7) is 7.51. The molecule has 7 nitrogen and oxygen atoms in total. The van der Waals surface area contributed by atoms with E-state index in [9.17, 15) is 18.0 Å². The minimum atomic E-state index is -3.21. The molecule has 0 aliphatic heterocycles. The van der Waals surface area contributed by atoms with Crippen molar-refractivity contribution in [2.75, 3.05) is 26.6 Å². The molecule has 1 atom stereocenters. The maximum absolute atomic E-state index is 12.6. The highest BCUT2D eigenvalue weighted by atomic mass is 32.2. The Balaban J connectivity index is 1.84. The molecule has 196 valence electrons. The van der Waals surface area contributed by atoms with Crippen LogP contribution in [0.3, 0.4) is 0 Å². The molecule has 2 aromatic carbocycles. The highest BCUT2D eigenvalue weighted by Gasteiger charge is 2.42. The van der Waals surface area contributed by atoms with E-state index in [1.807, 2.05) is 43.3 Å². The van der Waals surface area contributed by atoms with E-state index in [-0.39, 0.29) is 30.0 Å². The van der Waals surface area contributed by atoms with E-state index in [1.54, 1.807) is 45.0 Å². The van der Waals surface area contributed by atoms with E-state index in [1.165, 1.54) is 13.4 Å². The van der Waals surface area contributed by atoms with Crippen LogP contribution >= 0.6 is 0 Å². The topological polar surface area (TPSA) is 96.0 Å². The van der Waals surface area contributed by atoms with E-state index in [0.717, 1.165) is 11.1 Å². The fourth-order valence-corrected chi connectivity index (χ4v) is 4.45. The number of carbonyl (C=O) groups excluding carboxylic acids is 2. The van der Waals surface area contributed by atoms with Crippen LogP contribution in [0.2, 0.25) is 0 Å². The zero-order chi connectivity index (χ0) is 27.0. The van der Waals surface area contributed by atoms with E-state index >= 15 is 0 Å². The van der Waals surface area contributed by atoms with E-state index in [4.69, 9.17) is 14.2 Å². The number of carbonyl (C=O) groups is 2. The van der Waals surface area contributed by atoms with Crippen LogP contribution in [0.5, 0.6) is 5.75 Å². The fraction of sp³-hybridized carbons (Fsp3) is 0.429. The molecule has 0 saturated heterocycles. The van der Waals surface area contributed by atoms with Crippen LogP contribution in [0.4, 0.5) is 0 Å². The number of hydrogen-bond acceptors (Lipinski definition) is 7. The second-order valence-electron chi connectivity index (χ2n) is 9.69. The van der Waals surface area contributed by atoms with E-state index in [2.05, 4.69) is 0 Å². The molecular formula is C28H36O7S. The zero-order valence-corrected chi connectivity index (χ0v) is 22.7. The van der Waals surface area contributed by atoms with Crippen molar-refractivity contribution in [1.29, 1.82) is 0 Å². The van der Waals surface area contributed by atoms with Crippen molar-refractivity contribution in [1.82, 2.24) is 0 Å². The standard InChI is InChI=1S/C28H36O7S/c1-7-28(4,26(30)33-5)20-27(2,3)25(29)35-19-18-34-23-14-10-21(11-15-23)8-9-22-12-16-24(17-13-22)36(6,31)32/h8-17H,7,18-20H2,1-6H3. The number of rotatable bonds is 12. The minimum Gasteiger partial charge on any atom is -0.490 e. The summed E-state index contributed by atoms with van der Waals surface area (Å²) in [5.41, 5.74) is 0.229. The van der Waals surface area contributed by atoms with Crippen molar-refractivity contribution < 1.29 is 32.2 Å². The van der Waals surface area contributed by atoms with Gasteiger partial charge >= 0.3 is 11.9 Å². The van der Waals surface area contributed by atoms with Crippen LogP contribution < -0.4 is 4.74 Å². The molecule has 0 amide bonds. The lowest BCUT2D eigenvalue weighted by Gasteiger charge is -2.33. The van der Waals surface area contributed by atoms with Crippen molar-refractivity contribution >= 4 is 33.9 Å². The number of hydrogen-bond donors (Lipinski definition) is 0. The summed E-state index contributed by atoms with van der Waals surface area (Å²) in [5, 5.41) is 0. The Morgan fingerprint density at radius 1 is 0.861 bits per heavy atom. The van der Waals surface area contributed by atoms with Gasteiger partial charge in [-0.25, -0.2) is 8.42 Å². The van der Waals surface area contributed by atoms with Crippen molar-refractivity contribution in [3.8, 4) is 5.75 Å². The van der Waals surface area contributed by atoms with Gasteiger partial charge in [0.05, 0.1) is 22.8 Å². The first kappa shape index (κ1) is 29.1. The molecule has 0 aliphatic carbocycles. The van der Waals surface area contributed by atoms with Crippen LogP contribution in [0.15, 0.2) is 53.4 Å². The molecule has 0 aliphatic rings. The van der Waals surface area contributed by atoms with Crippen LogP contribution in [-0.4, -0.2) is 46.9 Å². The lowest BCUT2D eigenvalue weighted by Crippen LogP contribution is -2.38. The first-order chi connectivity index (χ1) is 16.8. The number of methoxy groups -OCH3 is 1. The van der Waals surface area contributed by atoms with Gasteiger partial charge in [-0.3, -0.25) is 9.59 Å². The lowest BCUT2D eigenvalue weighted by molar-refractivity contribution is -0.162. The van der Waals surface area contributed by atoms with Gasteiger partial charge in [0.1, 0.15) is 19.0 Å². The number of ether oxygens (including phenoxy) is 3. The molecule has 2 aromatic rings. The van der Waals surface area contributed by atoms with Gasteiger partial charge in [-0.05, 0) is 69.0 Å². The van der Waals surface area contributed by atoms with Gasteiger partial charge in [-0.2, -0.15) is 0 Å². The fourth-order valence-electron chi connectivity index (χ4n) is 3.82. The number of sulfone groups is 1. The summed E-state index contributed by atoms with van der Waals surface area (Å²) in [6, 6.07) is 14.1. The van der Waals surface area contributed by atoms with Crippen LogP contribution in [0.25, 0.3) is 12.2 Å². The molecule has 0 saturated carbocycles. The summed E-state index contributed by atoms with van der Waals surface area (Å²) in [4.78, 5) is 25.0. The van der Waals surface area contributed by atoms with Crippen molar-refractivity contribution in [2.24, 2.45) is 10.8 Å². The van der Waals surface area contributed by atoms with Gasteiger partial charge in [-0.1, -0.05) is 43.3 Å². The maximum Gasteiger partial charge on any atom is 0.311 e. The lowest BCUT2D eigenvalue weighted by atomic mass is 9.72. The largest absolute Gasteiger partial charge is 0.490 e. The number of esters is 2. The first-order valence-electron chi connectivity index (χ1n) is 11.8. The Morgan fingerprint density at radius 2 is 1.39 bits per heavy atom. The quantitative estimate of drug-likeness (QED) is 0.218. The van der Waals surface area contributed by atoms with Crippen LogP contribution in [0, 0.1) is 10.8 Å². The minimum absolute atomic E-state index is 0.0917. The maximum atomic E-state index is 12.6. The van der Waals surface area contributed by atoms with Crippen LogP contribution in [0.1, 0.15) is 51.7 Å². The third-order valence-corrected chi connectivity index (χ3v) is 7.21. The van der Waals surface area contributed by atoms with Gasteiger partial charge in [0.2, 0.25) is 0 Å². The van der Waals surface area contributed by atoms with Crippen molar-refractivity contribution in [2.45, 2.75) is 45.4 Å².